The molecule has 0 spiro atoms. The molecule has 1 aromatic carbocycles. The summed E-state index contributed by atoms with van der Waals surface area (Å²) in [6, 6.07) is 7.19. The molecule has 114 valence electrons. The molecule has 0 bridgehead atoms. The predicted molar refractivity (Wildman–Crippen MR) is 84.8 cm³/mol. The second kappa shape index (κ2) is 8.01. The Morgan fingerprint density at radius 3 is 2.15 bits per heavy atom. The molecule has 0 aromatic heterocycles. The van der Waals surface area contributed by atoms with Crippen molar-refractivity contribution in [3.05, 3.63) is 29.8 Å². The van der Waals surface area contributed by atoms with E-state index in [1.807, 2.05) is 26.0 Å². The average Bonchev–Trinajstić information content (AvgIpc) is 2.46. The average molecular weight is 318 g/mol. The van der Waals surface area contributed by atoms with Crippen LogP contribution < -0.4 is 0 Å². The number of rotatable bonds is 8. The van der Waals surface area contributed by atoms with Gasteiger partial charge in [0.15, 0.2) is 0 Å². The number of hydrogen-bond donors (Lipinski definition) is 0. The Labute approximate surface area is 128 Å². The van der Waals surface area contributed by atoms with Gasteiger partial charge >= 0.3 is 0 Å². The zero-order valence-corrected chi connectivity index (χ0v) is 14.0. The number of nitrogens with zero attached hydrogens (tertiary/aromatic N) is 1. The van der Waals surface area contributed by atoms with E-state index in [0.717, 1.165) is 31.2 Å². The van der Waals surface area contributed by atoms with Crippen molar-refractivity contribution >= 4 is 21.6 Å². The third kappa shape index (κ3) is 4.21. The first-order valence-electron chi connectivity index (χ1n) is 7.10. The first-order valence-corrected chi connectivity index (χ1v) is 9.07. The number of aryl methyl sites for hydroxylation is 1. The van der Waals surface area contributed by atoms with Gasteiger partial charge in [-0.2, -0.15) is 4.31 Å². The van der Waals surface area contributed by atoms with E-state index in [1.54, 1.807) is 19.2 Å². The van der Waals surface area contributed by atoms with Crippen molar-refractivity contribution in [2.24, 2.45) is 0 Å². The van der Waals surface area contributed by atoms with E-state index in [9.17, 15) is 8.42 Å². The van der Waals surface area contributed by atoms with Crippen LogP contribution in [0.4, 0.5) is 0 Å². The highest BCUT2D eigenvalue weighted by atomic mass is 35.5. The van der Waals surface area contributed by atoms with Crippen LogP contribution in [0.5, 0.6) is 0 Å². The summed E-state index contributed by atoms with van der Waals surface area (Å²) in [6.07, 6.45) is 3.42. The Bertz CT molecular complexity index is 495. The molecule has 5 heteroatoms. The standard InChI is InChI=1S/C15H24ClNO2S/c1-4-14(5-2)17(3)20(18,19)15-10-8-13(9-11-15)7-6-12-16/h8-11,14H,4-7,12H2,1-3H3. The highest BCUT2D eigenvalue weighted by molar-refractivity contribution is 7.89. The fraction of sp³-hybridized carbons (Fsp3) is 0.600. The SMILES string of the molecule is CCC(CC)N(C)S(=O)(=O)c1ccc(CCCCl)cc1. The number of hydrogen-bond acceptors (Lipinski definition) is 2. The minimum Gasteiger partial charge on any atom is -0.207 e. The maximum absolute atomic E-state index is 12.5. The number of alkyl halides is 1. The van der Waals surface area contributed by atoms with Gasteiger partial charge in [0, 0.05) is 19.0 Å². The van der Waals surface area contributed by atoms with Crippen molar-refractivity contribution < 1.29 is 8.42 Å². The Morgan fingerprint density at radius 1 is 1.15 bits per heavy atom. The number of halogens is 1. The molecule has 0 radical (unpaired) electrons. The largest absolute Gasteiger partial charge is 0.243 e. The van der Waals surface area contributed by atoms with Crippen LogP contribution in [0.15, 0.2) is 29.2 Å². The molecule has 0 saturated carbocycles. The Hall–Kier alpha value is -0.580. The summed E-state index contributed by atoms with van der Waals surface area (Å²) in [6.45, 7) is 4.02. The van der Waals surface area contributed by atoms with Gasteiger partial charge in [-0.1, -0.05) is 26.0 Å². The lowest BCUT2D eigenvalue weighted by molar-refractivity contribution is 0.349. The van der Waals surface area contributed by atoms with Crippen LogP contribution in [0.1, 0.15) is 38.7 Å². The molecule has 0 N–H and O–H groups in total. The zero-order valence-electron chi connectivity index (χ0n) is 12.5. The molecule has 1 aromatic rings. The lowest BCUT2D eigenvalue weighted by Gasteiger charge is -2.25. The minimum atomic E-state index is -3.39. The van der Waals surface area contributed by atoms with E-state index in [4.69, 9.17) is 11.6 Å². The molecule has 0 atom stereocenters. The Kier molecular flexibility index (Phi) is 7.00. The molecular formula is C15H24ClNO2S. The zero-order chi connectivity index (χ0) is 15.2. The van der Waals surface area contributed by atoms with Gasteiger partial charge in [-0.3, -0.25) is 0 Å². The summed E-state index contributed by atoms with van der Waals surface area (Å²) in [5, 5.41) is 0. The predicted octanol–water partition coefficient (Wildman–Crippen LogP) is 3.67. The smallest absolute Gasteiger partial charge is 0.207 e. The lowest BCUT2D eigenvalue weighted by Crippen LogP contribution is -2.36. The van der Waals surface area contributed by atoms with E-state index in [1.165, 1.54) is 4.31 Å². The lowest BCUT2D eigenvalue weighted by atomic mass is 10.1. The molecule has 0 aliphatic carbocycles. The van der Waals surface area contributed by atoms with Crippen LogP contribution in [-0.4, -0.2) is 31.7 Å². The molecule has 0 saturated heterocycles. The van der Waals surface area contributed by atoms with Gasteiger partial charge < -0.3 is 0 Å². The molecule has 20 heavy (non-hydrogen) atoms. The summed E-state index contributed by atoms with van der Waals surface area (Å²) in [7, 11) is -1.73. The van der Waals surface area contributed by atoms with Crippen LogP contribution in [0.25, 0.3) is 0 Å². The normalized spacial score (nSPS) is 12.3. The fourth-order valence-electron chi connectivity index (χ4n) is 2.26. The van der Waals surface area contributed by atoms with Crippen molar-refractivity contribution in [1.82, 2.24) is 4.31 Å². The second-order valence-corrected chi connectivity index (χ2v) is 7.30. The van der Waals surface area contributed by atoms with Crippen molar-refractivity contribution in [1.29, 1.82) is 0 Å². The molecule has 1 rings (SSSR count). The summed E-state index contributed by atoms with van der Waals surface area (Å²) < 4.78 is 26.5. The van der Waals surface area contributed by atoms with E-state index < -0.39 is 10.0 Å². The van der Waals surface area contributed by atoms with Crippen LogP contribution in [-0.2, 0) is 16.4 Å². The van der Waals surface area contributed by atoms with Crippen LogP contribution in [0.2, 0.25) is 0 Å². The monoisotopic (exact) mass is 317 g/mol. The van der Waals surface area contributed by atoms with Gasteiger partial charge in [0.2, 0.25) is 10.0 Å². The molecule has 0 amide bonds. The third-order valence-corrected chi connectivity index (χ3v) is 5.85. The van der Waals surface area contributed by atoms with Crippen molar-refractivity contribution in [2.75, 3.05) is 12.9 Å². The summed E-state index contributed by atoms with van der Waals surface area (Å²) in [5.74, 6) is 0.622. The van der Waals surface area contributed by atoms with E-state index in [-0.39, 0.29) is 6.04 Å². The molecule has 0 heterocycles. The van der Waals surface area contributed by atoms with Crippen LogP contribution in [0, 0.1) is 0 Å². The third-order valence-electron chi connectivity index (χ3n) is 3.66. The summed E-state index contributed by atoms with van der Waals surface area (Å²) in [4.78, 5) is 0.363. The maximum Gasteiger partial charge on any atom is 0.243 e. The van der Waals surface area contributed by atoms with Crippen LogP contribution >= 0.6 is 11.6 Å². The fourth-order valence-corrected chi connectivity index (χ4v) is 3.90. The summed E-state index contributed by atoms with van der Waals surface area (Å²) >= 11 is 5.66. The van der Waals surface area contributed by atoms with Gasteiger partial charge in [0.1, 0.15) is 0 Å². The van der Waals surface area contributed by atoms with Crippen LogP contribution in [0.3, 0.4) is 0 Å². The molecule has 0 aliphatic heterocycles. The Morgan fingerprint density at radius 2 is 1.70 bits per heavy atom. The molecule has 0 fully saturated rings. The highest BCUT2D eigenvalue weighted by Gasteiger charge is 2.25. The van der Waals surface area contributed by atoms with Gasteiger partial charge in [0.05, 0.1) is 4.90 Å². The van der Waals surface area contributed by atoms with E-state index in [2.05, 4.69) is 0 Å². The first kappa shape index (κ1) is 17.5. The van der Waals surface area contributed by atoms with Gasteiger partial charge in [-0.15, -0.1) is 11.6 Å². The highest BCUT2D eigenvalue weighted by Crippen LogP contribution is 2.20. The van der Waals surface area contributed by atoms with Gasteiger partial charge in [-0.25, -0.2) is 8.42 Å². The second-order valence-electron chi connectivity index (χ2n) is 4.93. The summed E-state index contributed by atoms with van der Waals surface area (Å²) in [5.41, 5.74) is 1.12. The van der Waals surface area contributed by atoms with Crippen molar-refractivity contribution in [2.45, 2.75) is 50.5 Å². The minimum absolute atomic E-state index is 0.0518. The first-order chi connectivity index (χ1) is 9.47. The van der Waals surface area contributed by atoms with Crippen molar-refractivity contribution in [3.8, 4) is 0 Å². The van der Waals surface area contributed by atoms with Crippen molar-refractivity contribution in [3.63, 3.8) is 0 Å². The maximum atomic E-state index is 12.5. The number of sulfonamides is 1. The molecular weight excluding hydrogens is 294 g/mol. The Balaban J connectivity index is 2.92. The molecule has 3 nitrogen and oxygen atoms in total. The molecule has 0 unspecified atom stereocenters. The van der Waals surface area contributed by atoms with Gasteiger partial charge in [-0.05, 0) is 43.4 Å². The quantitative estimate of drug-likeness (QED) is 0.686. The molecule has 0 aliphatic rings. The van der Waals surface area contributed by atoms with E-state index in [0.29, 0.717) is 10.8 Å². The van der Waals surface area contributed by atoms with Gasteiger partial charge in [0.25, 0.3) is 0 Å². The topological polar surface area (TPSA) is 37.4 Å². The van der Waals surface area contributed by atoms with E-state index >= 15 is 0 Å². The number of benzene rings is 1.